The van der Waals surface area contributed by atoms with Crippen molar-refractivity contribution in [2.45, 2.75) is 0 Å². The molecule has 2 radical (unpaired) electrons. The van der Waals surface area contributed by atoms with Crippen LogP contribution in [0.5, 0.6) is 0 Å². The van der Waals surface area contributed by atoms with E-state index in [4.69, 9.17) is 3.47 Å². The van der Waals surface area contributed by atoms with Gasteiger partial charge in [0, 0.05) is 62.8 Å². The van der Waals surface area contributed by atoms with Gasteiger partial charge in [0.05, 0.1) is 0 Å². The van der Waals surface area contributed by atoms with Crippen LogP contribution in [-0.4, -0.2) is 45.5 Å². The largest absolute Gasteiger partial charge is 0 e. The Morgan fingerprint density at radius 3 is 1.25 bits per heavy atom. The van der Waals surface area contributed by atoms with Gasteiger partial charge in [0.2, 0.25) is 0 Å². The quantitative estimate of drug-likeness (QED) is 0.543. The maximum absolute atomic E-state index is 8.31. The van der Waals surface area contributed by atoms with Crippen LogP contribution in [-0.2, 0) is 40.0 Å². The van der Waals surface area contributed by atoms with Gasteiger partial charge in [0.25, 0.3) is 0 Å². The Morgan fingerprint density at radius 1 is 1.25 bits per heavy atom. The molecule has 0 rings (SSSR count). The van der Waals surface area contributed by atoms with Crippen molar-refractivity contribution < 1.29 is 40.0 Å². The van der Waals surface area contributed by atoms with Crippen LogP contribution in [0.4, 0.5) is 0 Å². The Bertz CT molecular complexity index is 8.00. The molecule has 21 valence electrons. The maximum Gasteiger partial charge on any atom is 0 e. The zero-order chi connectivity index (χ0) is 2.00. The molecule has 0 heterocycles. The first-order valence-corrected chi connectivity index (χ1v) is 1.26. The van der Waals surface area contributed by atoms with Gasteiger partial charge in [-0.3, -0.25) is 0 Å². The van der Waals surface area contributed by atoms with Gasteiger partial charge in [-0.05, 0) is 0 Å². The first-order chi connectivity index (χ1) is 1.00. The van der Waals surface area contributed by atoms with Crippen molar-refractivity contribution in [1.29, 1.82) is 0 Å². The van der Waals surface area contributed by atoms with Gasteiger partial charge in [-0.2, -0.15) is 0 Å². The second-order valence-corrected chi connectivity index (χ2v) is 0. The first kappa shape index (κ1) is 16.1. The molecule has 0 aromatic heterocycles. The monoisotopic (exact) mass is 343 g/mol. The van der Waals surface area contributed by atoms with Gasteiger partial charge in [-0.25, -0.2) is 0 Å². The molecule has 0 aromatic carbocycles. The Kier molecular flexibility index (Phi) is 71.9. The van der Waals surface area contributed by atoms with Gasteiger partial charge >= 0.3 is 22.6 Å². The fourth-order valence-electron chi connectivity index (χ4n) is 0. The van der Waals surface area contributed by atoms with E-state index in [1.54, 1.807) is 0 Å². The van der Waals surface area contributed by atoms with Crippen LogP contribution in [0.15, 0.2) is 0 Å². The summed E-state index contributed by atoms with van der Waals surface area (Å²) in [6.07, 6.45) is 0. The zero-order valence-corrected chi connectivity index (χ0v) is 9.37. The predicted octanol–water partition coefficient (Wildman–Crippen LogP) is -0.505. The Labute approximate surface area is 83.6 Å². The first-order valence-electron chi connectivity index (χ1n) is 0.154. The molecule has 4 heavy (non-hydrogen) atoms. The third-order valence-electron chi connectivity index (χ3n) is 0. The molecule has 0 aliphatic heterocycles. The molecular formula is CrOReSr. The van der Waals surface area contributed by atoms with E-state index >= 15 is 0 Å². The van der Waals surface area contributed by atoms with Crippen molar-refractivity contribution in [2.24, 2.45) is 0 Å². The van der Waals surface area contributed by atoms with Crippen molar-refractivity contribution in [3.05, 3.63) is 0 Å². The predicted molar refractivity (Wildman–Crippen MR) is 6.44 cm³/mol. The summed E-state index contributed by atoms with van der Waals surface area (Å²) in [7, 11) is 0. The van der Waals surface area contributed by atoms with E-state index in [1.165, 1.54) is 0 Å². The van der Waals surface area contributed by atoms with Crippen molar-refractivity contribution in [2.75, 3.05) is 0 Å². The molecule has 0 N–H and O–H groups in total. The molecule has 0 unspecified atom stereocenters. The minimum absolute atomic E-state index is 0. The second kappa shape index (κ2) is 17.9. The normalized spacial score (nSPS) is 1.00. The topological polar surface area (TPSA) is 17.1 Å². The third-order valence-corrected chi connectivity index (χ3v) is 0. The maximum atomic E-state index is 8.31. The average Bonchev–Trinajstić information content (AvgIpc) is 1.00. The van der Waals surface area contributed by atoms with Crippen molar-refractivity contribution in [3.63, 3.8) is 0 Å². The third kappa shape index (κ3) is 8.82. The molecule has 0 atom stereocenters. The van der Waals surface area contributed by atoms with Crippen LogP contribution in [0.1, 0.15) is 0 Å². The van der Waals surface area contributed by atoms with Gasteiger partial charge in [-0.1, -0.05) is 0 Å². The van der Waals surface area contributed by atoms with Crippen LogP contribution < -0.4 is 0 Å². The fourth-order valence-corrected chi connectivity index (χ4v) is 0. The molecule has 0 bridgehead atoms. The SMILES string of the molecule is [Cr].[O]=[Re].[Sr]. The molecule has 1 nitrogen and oxygen atoms in total. The van der Waals surface area contributed by atoms with E-state index in [1.807, 2.05) is 0 Å². The summed E-state index contributed by atoms with van der Waals surface area (Å²) >= 11 is 0.472. The summed E-state index contributed by atoms with van der Waals surface area (Å²) in [5.41, 5.74) is 0. The Hall–Kier alpha value is 2.48. The van der Waals surface area contributed by atoms with Gasteiger partial charge in [0.1, 0.15) is 0 Å². The average molecular weight is 342 g/mol. The van der Waals surface area contributed by atoms with Crippen LogP contribution in [0.3, 0.4) is 0 Å². The van der Waals surface area contributed by atoms with Gasteiger partial charge in [-0.15, -0.1) is 0 Å². The number of rotatable bonds is 0. The van der Waals surface area contributed by atoms with E-state index in [2.05, 4.69) is 0 Å². The zero-order valence-electron chi connectivity index (χ0n) is 1.90. The molecule has 0 spiro atoms. The molecule has 0 saturated heterocycles. The molecular weight excluding hydrogens is 342 g/mol. The molecule has 0 saturated carbocycles. The van der Waals surface area contributed by atoms with E-state index in [9.17, 15) is 0 Å². The van der Waals surface area contributed by atoms with Crippen LogP contribution in [0, 0.1) is 0 Å². The molecule has 4 heteroatoms. The molecule has 0 amide bonds. The summed E-state index contributed by atoms with van der Waals surface area (Å²) in [6.45, 7) is 0. The van der Waals surface area contributed by atoms with E-state index in [0.29, 0.717) is 19.2 Å². The van der Waals surface area contributed by atoms with Crippen molar-refractivity contribution >= 4 is 45.5 Å². The van der Waals surface area contributed by atoms with Crippen LogP contribution in [0.2, 0.25) is 0 Å². The minimum Gasteiger partial charge on any atom is 0 e. The molecule has 0 aliphatic rings. The minimum atomic E-state index is 0. The summed E-state index contributed by atoms with van der Waals surface area (Å²) in [6, 6.07) is 0. The Morgan fingerprint density at radius 2 is 1.25 bits per heavy atom. The van der Waals surface area contributed by atoms with Crippen molar-refractivity contribution in [1.82, 2.24) is 0 Å². The van der Waals surface area contributed by atoms with Gasteiger partial charge < -0.3 is 0 Å². The van der Waals surface area contributed by atoms with Crippen LogP contribution >= 0.6 is 0 Å². The van der Waals surface area contributed by atoms with Crippen molar-refractivity contribution in [3.8, 4) is 0 Å². The summed E-state index contributed by atoms with van der Waals surface area (Å²) in [5.74, 6) is 0. The number of hydrogen-bond acceptors (Lipinski definition) is 1. The van der Waals surface area contributed by atoms with E-state index in [0.717, 1.165) is 0 Å². The second-order valence-electron chi connectivity index (χ2n) is 0. The van der Waals surface area contributed by atoms with E-state index < -0.39 is 0 Å². The standard InChI is InChI=1S/Cr.O.Re.Sr. The summed E-state index contributed by atoms with van der Waals surface area (Å²) < 4.78 is 8.31. The van der Waals surface area contributed by atoms with Crippen LogP contribution in [0.25, 0.3) is 0 Å². The summed E-state index contributed by atoms with van der Waals surface area (Å²) in [4.78, 5) is 0. The molecule has 0 aliphatic carbocycles. The molecule has 0 fully saturated rings. The van der Waals surface area contributed by atoms with Gasteiger partial charge in [0.15, 0.2) is 0 Å². The number of hydrogen-bond donors (Lipinski definition) is 0. The van der Waals surface area contributed by atoms with E-state index in [-0.39, 0.29) is 62.8 Å². The summed E-state index contributed by atoms with van der Waals surface area (Å²) in [5, 5.41) is 0. The molecule has 0 aromatic rings. The fraction of sp³-hybridized carbons (Fsp3) is 0. The Balaban J connectivity index is -0.00000000500. The smallest absolute Gasteiger partial charge is 0 e.